The van der Waals surface area contributed by atoms with Crippen molar-refractivity contribution in [1.82, 2.24) is 14.8 Å². The fourth-order valence-electron chi connectivity index (χ4n) is 2.76. The third kappa shape index (κ3) is 11.8. The van der Waals surface area contributed by atoms with Crippen LogP contribution >= 0.6 is 0 Å². The van der Waals surface area contributed by atoms with E-state index in [1.54, 1.807) is 6.33 Å². The Morgan fingerprint density at radius 1 is 0.870 bits per heavy atom. The summed E-state index contributed by atoms with van der Waals surface area (Å²) in [6.45, 7) is 3.21. The zero-order valence-electron chi connectivity index (χ0n) is 15.1. The molecule has 0 saturated carbocycles. The maximum absolute atomic E-state index is 5.49. The second-order valence-electron chi connectivity index (χ2n) is 6.45. The van der Waals surface area contributed by atoms with Crippen molar-refractivity contribution in [3.8, 4) is 0 Å². The first-order chi connectivity index (χ1) is 11.3. The van der Waals surface area contributed by atoms with Crippen LogP contribution in [0.1, 0.15) is 90.4 Å². The van der Waals surface area contributed by atoms with Gasteiger partial charge in [-0.2, -0.15) is 0 Å². The van der Waals surface area contributed by atoms with Gasteiger partial charge in [-0.15, -0.1) is 5.10 Å². The van der Waals surface area contributed by atoms with Gasteiger partial charge in [-0.25, -0.2) is 4.98 Å². The molecule has 0 unspecified atom stereocenters. The van der Waals surface area contributed by atoms with E-state index in [9.17, 15) is 0 Å². The van der Waals surface area contributed by atoms with E-state index in [4.69, 9.17) is 5.73 Å². The van der Waals surface area contributed by atoms with Crippen molar-refractivity contribution in [2.45, 2.75) is 96.9 Å². The molecule has 1 aromatic heterocycles. The molecule has 23 heavy (non-hydrogen) atoms. The number of anilines is 1. The number of unbranched alkanes of at least 4 members (excludes halogenated alkanes) is 11. The first kappa shape index (κ1) is 19.7. The predicted octanol–water partition coefficient (Wildman–Crippen LogP) is 5.51. The molecule has 1 heterocycles. The molecule has 132 valence electrons. The van der Waals surface area contributed by atoms with Gasteiger partial charge in [0.05, 0.1) is 0 Å². The van der Waals surface area contributed by atoms with Crippen LogP contribution in [0.2, 0.25) is 0 Å². The Labute approximate surface area is 142 Å². The smallest absolute Gasteiger partial charge is 0.239 e. The van der Waals surface area contributed by atoms with Crippen molar-refractivity contribution in [1.29, 1.82) is 0 Å². The summed E-state index contributed by atoms with van der Waals surface area (Å²) in [6.07, 6.45) is 23.8. The molecule has 0 bridgehead atoms. The lowest BCUT2D eigenvalue weighted by molar-refractivity contribution is 0.530. The Morgan fingerprint density at radius 2 is 1.43 bits per heavy atom. The first-order valence-corrected chi connectivity index (χ1v) is 9.63. The number of aryl methyl sites for hydroxylation is 1. The normalized spacial score (nSPS) is 11.5. The van der Waals surface area contributed by atoms with Gasteiger partial charge in [0.25, 0.3) is 0 Å². The zero-order valence-corrected chi connectivity index (χ0v) is 15.1. The molecular weight excluding hydrogens is 284 g/mol. The molecule has 0 radical (unpaired) electrons. The number of rotatable bonds is 15. The van der Waals surface area contributed by atoms with Gasteiger partial charge in [-0.1, -0.05) is 70.4 Å². The molecule has 0 aliphatic rings. The minimum absolute atomic E-state index is 0.373. The predicted molar refractivity (Wildman–Crippen MR) is 99.3 cm³/mol. The van der Waals surface area contributed by atoms with Crippen molar-refractivity contribution < 1.29 is 0 Å². The molecule has 0 fully saturated rings. The lowest BCUT2D eigenvalue weighted by Crippen LogP contribution is -1.99. The summed E-state index contributed by atoms with van der Waals surface area (Å²) in [7, 11) is 0. The molecule has 0 atom stereocenters. The summed E-state index contributed by atoms with van der Waals surface area (Å²) in [6, 6.07) is 0. The largest absolute Gasteiger partial charge is 0.367 e. The van der Waals surface area contributed by atoms with Crippen LogP contribution in [0.3, 0.4) is 0 Å². The standard InChI is InChI=1S/C19H36N4/c1-2-3-4-5-6-7-8-9-10-11-12-13-14-15-16-17-23-18-21-19(20)22-23/h9-10,18H,2-8,11-17H2,1H3,(H2,20,22)/b10-9+. The van der Waals surface area contributed by atoms with E-state index in [0.717, 1.165) is 13.0 Å². The minimum atomic E-state index is 0.373. The van der Waals surface area contributed by atoms with E-state index < -0.39 is 0 Å². The number of aromatic nitrogens is 3. The molecule has 0 aliphatic heterocycles. The molecule has 0 amide bonds. The molecule has 0 aliphatic carbocycles. The Hall–Kier alpha value is -1.32. The van der Waals surface area contributed by atoms with Gasteiger partial charge >= 0.3 is 0 Å². The van der Waals surface area contributed by atoms with Crippen molar-refractivity contribution >= 4 is 5.95 Å². The van der Waals surface area contributed by atoms with E-state index in [1.807, 2.05) is 4.68 Å². The number of hydrogen-bond acceptors (Lipinski definition) is 3. The molecule has 1 rings (SSSR count). The number of nitrogen functional groups attached to an aromatic ring is 1. The van der Waals surface area contributed by atoms with Crippen LogP contribution < -0.4 is 5.73 Å². The van der Waals surface area contributed by atoms with Gasteiger partial charge in [-0.05, 0) is 32.1 Å². The average molecular weight is 321 g/mol. The van der Waals surface area contributed by atoms with Crippen LogP contribution in [0.4, 0.5) is 5.95 Å². The van der Waals surface area contributed by atoms with Gasteiger partial charge in [0.2, 0.25) is 5.95 Å². The number of hydrogen-bond donors (Lipinski definition) is 1. The summed E-state index contributed by atoms with van der Waals surface area (Å²) < 4.78 is 1.83. The zero-order chi connectivity index (χ0) is 16.6. The monoisotopic (exact) mass is 320 g/mol. The van der Waals surface area contributed by atoms with Crippen molar-refractivity contribution in [2.75, 3.05) is 5.73 Å². The van der Waals surface area contributed by atoms with Crippen LogP contribution in [0.15, 0.2) is 18.5 Å². The van der Waals surface area contributed by atoms with Gasteiger partial charge in [0.15, 0.2) is 0 Å². The minimum Gasteiger partial charge on any atom is -0.367 e. The average Bonchev–Trinajstić information content (AvgIpc) is 2.96. The van der Waals surface area contributed by atoms with Crippen LogP contribution in [-0.2, 0) is 6.54 Å². The van der Waals surface area contributed by atoms with Crippen LogP contribution in [0.5, 0.6) is 0 Å². The fourth-order valence-corrected chi connectivity index (χ4v) is 2.76. The topological polar surface area (TPSA) is 56.7 Å². The van der Waals surface area contributed by atoms with E-state index in [-0.39, 0.29) is 0 Å². The summed E-state index contributed by atoms with van der Waals surface area (Å²) >= 11 is 0. The number of nitrogens with zero attached hydrogens (tertiary/aromatic N) is 3. The third-order valence-electron chi connectivity index (χ3n) is 4.20. The molecular formula is C19H36N4. The van der Waals surface area contributed by atoms with E-state index in [1.165, 1.54) is 77.0 Å². The lowest BCUT2D eigenvalue weighted by Gasteiger charge is -2.01. The molecule has 0 saturated heterocycles. The molecule has 0 spiro atoms. The molecule has 1 aromatic rings. The summed E-state index contributed by atoms with van der Waals surface area (Å²) in [5.74, 6) is 0.373. The lowest BCUT2D eigenvalue weighted by atomic mass is 10.1. The summed E-state index contributed by atoms with van der Waals surface area (Å²) in [4.78, 5) is 3.93. The highest BCUT2D eigenvalue weighted by Gasteiger charge is 1.95. The molecule has 0 aromatic carbocycles. The number of nitrogens with two attached hydrogens (primary N) is 1. The molecule has 4 heteroatoms. The van der Waals surface area contributed by atoms with Crippen molar-refractivity contribution in [2.24, 2.45) is 0 Å². The maximum Gasteiger partial charge on any atom is 0.239 e. The maximum atomic E-state index is 5.49. The third-order valence-corrected chi connectivity index (χ3v) is 4.20. The van der Waals surface area contributed by atoms with Crippen LogP contribution in [0, 0.1) is 0 Å². The van der Waals surface area contributed by atoms with E-state index >= 15 is 0 Å². The van der Waals surface area contributed by atoms with E-state index in [0.29, 0.717) is 5.95 Å². The van der Waals surface area contributed by atoms with Crippen LogP contribution in [0.25, 0.3) is 0 Å². The fraction of sp³-hybridized carbons (Fsp3) is 0.789. The number of allylic oxidation sites excluding steroid dienone is 2. The second-order valence-corrected chi connectivity index (χ2v) is 6.45. The highest BCUT2D eigenvalue weighted by Crippen LogP contribution is 2.09. The Kier molecular flexibility index (Phi) is 12.3. The van der Waals surface area contributed by atoms with Gasteiger partial charge < -0.3 is 5.73 Å². The summed E-state index contributed by atoms with van der Waals surface area (Å²) in [5.41, 5.74) is 5.49. The van der Waals surface area contributed by atoms with E-state index in [2.05, 4.69) is 29.2 Å². The first-order valence-electron chi connectivity index (χ1n) is 9.63. The summed E-state index contributed by atoms with van der Waals surface area (Å²) in [5, 5.41) is 4.09. The van der Waals surface area contributed by atoms with Crippen LogP contribution in [-0.4, -0.2) is 14.8 Å². The second kappa shape index (κ2) is 14.3. The quantitative estimate of drug-likeness (QED) is 0.342. The highest BCUT2D eigenvalue weighted by molar-refractivity contribution is 5.09. The Bertz CT molecular complexity index is 398. The van der Waals surface area contributed by atoms with Gasteiger partial charge in [0, 0.05) is 6.54 Å². The SMILES string of the molecule is CCCCCCCC/C=C/CCCCCCCn1cnc(N)n1. The highest BCUT2D eigenvalue weighted by atomic mass is 15.3. The van der Waals surface area contributed by atoms with Gasteiger partial charge in [0.1, 0.15) is 6.33 Å². The van der Waals surface area contributed by atoms with Crippen molar-refractivity contribution in [3.63, 3.8) is 0 Å². The van der Waals surface area contributed by atoms with Crippen molar-refractivity contribution in [3.05, 3.63) is 18.5 Å². The molecule has 4 nitrogen and oxygen atoms in total. The Morgan fingerprint density at radius 3 is 2.00 bits per heavy atom. The Balaban J connectivity index is 1.78. The van der Waals surface area contributed by atoms with Gasteiger partial charge in [-0.3, -0.25) is 4.68 Å². The molecule has 2 N–H and O–H groups in total.